The van der Waals surface area contributed by atoms with Gasteiger partial charge in [0, 0.05) is 12.6 Å². The van der Waals surface area contributed by atoms with Gasteiger partial charge in [-0.1, -0.05) is 18.2 Å². The third kappa shape index (κ3) is 4.37. The number of benzene rings is 3. The molecule has 2 aliphatic rings. The maximum Gasteiger partial charge on any atom is 0.262 e. The third-order valence-electron chi connectivity index (χ3n) is 5.13. The van der Waals surface area contributed by atoms with Gasteiger partial charge in [-0.2, -0.15) is 0 Å². The van der Waals surface area contributed by atoms with Gasteiger partial charge in [-0.15, -0.1) is 0 Å². The Bertz CT molecular complexity index is 1320. The van der Waals surface area contributed by atoms with Crippen molar-refractivity contribution in [2.75, 3.05) is 24.7 Å². The summed E-state index contributed by atoms with van der Waals surface area (Å²) in [7, 11) is -3.97. The standard InChI is InChI=1S/C23H20N2O7S/c26-23(24-13-15-5-7-20-21(11-15)32-14-31-20)17-3-1-2-4-18(17)25-33(27,28)16-6-8-19-22(12-16)30-10-9-29-19/h1-8,11-12,25H,9-10,13-14H2,(H,24,26). The normalized spacial score (nSPS) is 13.9. The monoisotopic (exact) mass is 468 g/mol. The molecule has 2 N–H and O–H groups in total. The van der Waals surface area contributed by atoms with E-state index in [4.69, 9.17) is 18.9 Å². The van der Waals surface area contributed by atoms with E-state index >= 15 is 0 Å². The molecule has 5 rings (SSSR count). The van der Waals surface area contributed by atoms with Gasteiger partial charge in [-0.05, 0) is 42.0 Å². The lowest BCUT2D eigenvalue weighted by Crippen LogP contribution is -2.25. The number of hydrogen-bond acceptors (Lipinski definition) is 7. The van der Waals surface area contributed by atoms with E-state index in [2.05, 4.69) is 10.0 Å². The molecule has 0 saturated carbocycles. The summed E-state index contributed by atoms with van der Waals surface area (Å²) in [6.45, 7) is 1.16. The van der Waals surface area contributed by atoms with Gasteiger partial charge in [0.1, 0.15) is 13.2 Å². The van der Waals surface area contributed by atoms with Crippen molar-refractivity contribution in [2.24, 2.45) is 0 Å². The summed E-state index contributed by atoms with van der Waals surface area (Å²) in [5.74, 6) is 1.70. The van der Waals surface area contributed by atoms with Crippen LogP contribution in [0, 0.1) is 0 Å². The Kier molecular flexibility index (Phi) is 5.43. The third-order valence-corrected chi connectivity index (χ3v) is 6.49. The predicted octanol–water partition coefficient (Wildman–Crippen LogP) is 2.92. The highest BCUT2D eigenvalue weighted by Crippen LogP contribution is 2.34. The first-order valence-electron chi connectivity index (χ1n) is 10.2. The molecule has 9 nitrogen and oxygen atoms in total. The van der Waals surface area contributed by atoms with Crippen molar-refractivity contribution in [3.05, 3.63) is 71.8 Å². The molecule has 0 radical (unpaired) electrons. The van der Waals surface area contributed by atoms with E-state index in [1.807, 2.05) is 6.07 Å². The van der Waals surface area contributed by atoms with Crippen molar-refractivity contribution in [2.45, 2.75) is 11.4 Å². The lowest BCUT2D eigenvalue weighted by Gasteiger charge is -2.19. The molecule has 0 bridgehead atoms. The van der Waals surface area contributed by atoms with Crippen LogP contribution >= 0.6 is 0 Å². The number of para-hydroxylation sites is 1. The highest BCUT2D eigenvalue weighted by molar-refractivity contribution is 7.92. The van der Waals surface area contributed by atoms with Crippen molar-refractivity contribution in [1.29, 1.82) is 0 Å². The number of amides is 1. The topological polar surface area (TPSA) is 112 Å². The SMILES string of the molecule is O=C(NCc1ccc2c(c1)OCO2)c1ccccc1NS(=O)(=O)c1ccc2c(c1)OCCO2. The Morgan fingerprint density at radius 3 is 2.39 bits per heavy atom. The van der Waals surface area contributed by atoms with Crippen LogP contribution in [0.5, 0.6) is 23.0 Å². The maximum atomic E-state index is 13.0. The van der Waals surface area contributed by atoms with E-state index in [1.54, 1.807) is 36.4 Å². The zero-order valence-electron chi connectivity index (χ0n) is 17.4. The van der Waals surface area contributed by atoms with Crippen molar-refractivity contribution >= 4 is 21.6 Å². The lowest BCUT2D eigenvalue weighted by molar-refractivity contribution is 0.0951. The summed E-state index contributed by atoms with van der Waals surface area (Å²) < 4.78 is 50.0. The van der Waals surface area contributed by atoms with Crippen molar-refractivity contribution < 1.29 is 32.2 Å². The molecule has 0 unspecified atom stereocenters. The Morgan fingerprint density at radius 1 is 0.818 bits per heavy atom. The Morgan fingerprint density at radius 2 is 1.52 bits per heavy atom. The first-order valence-corrected chi connectivity index (χ1v) is 11.7. The summed E-state index contributed by atoms with van der Waals surface area (Å²) in [4.78, 5) is 12.9. The molecule has 0 aliphatic carbocycles. The minimum Gasteiger partial charge on any atom is -0.486 e. The van der Waals surface area contributed by atoms with E-state index < -0.39 is 15.9 Å². The van der Waals surface area contributed by atoms with E-state index in [-0.39, 0.29) is 29.5 Å². The molecule has 10 heteroatoms. The van der Waals surface area contributed by atoms with E-state index in [0.717, 1.165) is 5.56 Å². The highest BCUT2D eigenvalue weighted by Gasteiger charge is 2.22. The molecular formula is C23H20N2O7S. The van der Waals surface area contributed by atoms with Crippen molar-refractivity contribution in [3.8, 4) is 23.0 Å². The quantitative estimate of drug-likeness (QED) is 0.572. The zero-order chi connectivity index (χ0) is 22.8. The van der Waals surface area contributed by atoms with Gasteiger partial charge in [0.25, 0.3) is 15.9 Å². The molecule has 170 valence electrons. The van der Waals surface area contributed by atoms with Crippen LogP contribution in [-0.2, 0) is 16.6 Å². The van der Waals surface area contributed by atoms with Crippen LogP contribution in [0.15, 0.2) is 65.6 Å². The fourth-order valence-corrected chi connectivity index (χ4v) is 4.59. The molecule has 0 atom stereocenters. The Balaban J connectivity index is 1.32. The number of carbonyl (C=O) groups excluding carboxylic acids is 1. The second-order valence-electron chi connectivity index (χ2n) is 7.33. The molecule has 0 aromatic heterocycles. The van der Waals surface area contributed by atoms with Crippen molar-refractivity contribution in [1.82, 2.24) is 5.32 Å². The van der Waals surface area contributed by atoms with E-state index in [0.29, 0.717) is 36.2 Å². The molecule has 2 aliphatic heterocycles. The minimum atomic E-state index is -3.97. The zero-order valence-corrected chi connectivity index (χ0v) is 18.2. The second-order valence-corrected chi connectivity index (χ2v) is 9.01. The summed E-state index contributed by atoms with van der Waals surface area (Å²) in [5, 5.41) is 2.81. The van der Waals surface area contributed by atoms with Gasteiger partial charge in [0.15, 0.2) is 23.0 Å². The van der Waals surface area contributed by atoms with E-state index in [9.17, 15) is 13.2 Å². The Labute approximate surface area is 190 Å². The summed E-state index contributed by atoms with van der Waals surface area (Å²) in [5.41, 5.74) is 1.18. The number of carbonyl (C=O) groups is 1. The van der Waals surface area contributed by atoms with Gasteiger partial charge < -0.3 is 24.3 Å². The second kappa shape index (κ2) is 8.55. The largest absolute Gasteiger partial charge is 0.486 e. The molecule has 0 fully saturated rings. The molecule has 0 saturated heterocycles. The van der Waals surface area contributed by atoms with Crippen LogP contribution in [0.3, 0.4) is 0 Å². The van der Waals surface area contributed by atoms with Gasteiger partial charge in [0.05, 0.1) is 16.1 Å². The number of ether oxygens (including phenoxy) is 4. The molecule has 0 spiro atoms. The maximum absolute atomic E-state index is 13.0. The van der Waals surface area contributed by atoms with Crippen LogP contribution < -0.4 is 29.0 Å². The number of sulfonamides is 1. The van der Waals surface area contributed by atoms with E-state index in [1.165, 1.54) is 18.2 Å². The van der Waals surface area contributed by atoms with Crippen LogP contribution in [0.25, 0.3) is 0 Å². The molecule has 3 aromatic carbocycles. The fourth-order valence-electron chi connectivity index (χ4n) is 3.49. The number of anilines is 1. The molecule has 3 aromatic rings. The summed E-state index contributed by atoms with van der Waals surface area (Å²) in [6.07, 6.45) is 0. The van der Waals surface area contributed by atoms with Crippen LogP contribution in [-0.4, -0.2) is 34.3 Å². The highest BCUT2D eigenvalue weighted by atomic mass is 32.2. The van der Waals surface area contributed by atoms with Gasteiger partial charge >= 0.3 is 0 Å². The number of nitrogens with one attached hydrogen (secondary N) is 2. The molecular weight excluding hydrogens is 448 g/mol. The van der Waals surface area contributed by atoms with Gasteiger partial charge in [-0.3, -0.25) is 9.52 Å². The smallest absolute Gasteiger partial charge is 0.262 e. The predicted molar refractivity (Wildman–Crippen MR) is 118 cm³/mol. The van der Waals surface area contributed by atoms with Crippen LogP contribution in [0.1, 0.15) is 15.9 Å². The molecule has 1 amide bonds. The number of rotatable bonds is 6. The Hall–Kier alpha value is -3.92. The number of hydrogen-bond donors (Lipinski definition) is 2. The first-order chi connectivity index (χ1) is 16.0. The lowest BCUT2D eigenvalue weighted by atomic mass is 10.1. The molecule has 33 heavy (non-hydrogen) atoms. The van der Waals surface area contributed by atoms with Crippen molar-refractivity contribution in [3.63, 3.8) is 0 Å². The molecule has 2 heterocycles. The first kappa shape index (κ1) is 21.0. The van der Waals surface area contributed by atoms with Gasteiger partial charge in [-0.25, -0.2) is 8.42 Å². The fraction of sp³-hybridized carbons (Fsp3) is 0.174. The minimum absolute atomic E-state index is 0.00215. The van der Waals surface area contributed by atoms with Crippen LogP contribution in [0.2, 0.25) is 0 Å². The average Bonchev–Trinajstić information content (AvgIpc) is 3.30. The average molecular weight is 468 g/mol. The summed E-state index contributed by atoms with van der Waals surface area (Å²) in [6, 6.07) is 16.2. The number of fused-ring (bicyclic) bond motifs is 2. The van der Waals surface area contributed by atoms with Gasteiger partial charge in [0.2, 0.25) is 6.79 Å². The summed E-state index contributed by atoms with van der Waals surface area (Å²) >= 11 is 0. The van der Waals surface area contributed by atoms with Crippen LogP contribution in [0.4, 0.5) is 5.69 Å².